The first kappa shape index (κ1) is 19.1. The average Bonchev–Trinajstić information content (AvgIpc) is 3.39. The van der Waals surface area contributed by atoms with Gasteiger partial charge in [-0.15, -0.1) is 12.4 Å². The Morgan fingerprint density at radius 3 is 2.67 bits per heavy atom. The second-order valence-electron chi connectivity index (χ2n) is 6.78. The van der Waals surface area contributed by atoms with E-state index in [4.69, 9.17) is 5.73 Å². The number of H-pyrrole nitrogens is 1. The second-order valence-corrected chi connectivity index (χ2v) is 6.78. The zero-order valence-electron chi connectivity index (χ0n) is 15.0. The summed E-state index contributed by atoms with van der Waals surface area (Å²) in [6.45, 7) is 2.00. The van der Waals surface area contributed by atoms with Crippen LogP contribution in [0.25, 0.3) is 11.4 Å². The number of carbonyl (C=O) groups excluding carboxylic acids is 1. The first-order valence-corrected chi connectivity index (χ1v) is 8.76. The third-order valence-corrected chi connectivity index (χ3v) is 4.57. The van der Waals surface area contributed by atoms with Crippen molar-refractivity contribution >= 4 is 24.0 Å². The Morgan fingerprint density at radius 2 is 1.96 bits per heavy atom. The molecule has 0 spiro atoms. The van der Waals surface area contributed by atoms with Gasteiger partial charge in [0.2, 0.25) is 5.91 Å². The molecule has 140 valence electrons. The number of aromatic nitrogens is 3. The molecule has 1 aromatic heterocycles. The Bertz CT molecular complexity index is 934. The molecule has 0 radical (unpaired) electrons. The van der Waals surface area contributed by atoms with Crippen molar-refractivity contribution in [2.75, 3.05) is 5.32 Å². The molecule has 1 aliphatic rings. The van der Waals surface area contributed by atoms with E-state index in [1.54, 1.807) is 0 Å². The molecule has 1 saturated carbocycles. The van der Waals surface area contributed by atoms with E-state index in [1.807, 2.05) is 55.5 Å². The molecule has 4 N–H and O–H groups in total. The lowest BCUT2D eigenvalue weighted by atomic mass is 10.1. The number of aromatic amines is 1. The number of amides is 1. The maximum Gasteiger partial charge on any atom is 0.245 e. The van der Waals surface area contributed by atoms with Gasteiger partial charge in [-0.1, -0.05) is 42.0 Å². The Balaban J connectivity index is 0.00000210. The minimum Gasteiger partial charge on any atom is -0.324 e. The average molecular weight is 384 g/mol. The van der Waals surface area contributed by atoms with Gasteiger partial charge in [0.05, 0.1) is 0 Å². The third-order valence-electron chi connectivity index (χ3n) is 4.57. The standard InChI is InChI=1S/C20H21N5O.ClH/c1-12-5-7-13(8-6-12)17(21)20(26)22-16-4-2-3-15(11-16)19-23-18(24-25-19)14-9-10-14;/h2-8,11,14,17H,9-10,21H2,1H3,(H,22,26)(H,23,24,25);1H. The first-order chi connectivity index (χ1) is 12.6. The number of benzene rings is 2. The summed E-state index contributed by atoms with van der Waals surface area (Å²) in [5.74, 6) is 1.85. The third kappa shape index (κ3) is 4.35. The van der Waals surface area contributed by atoms with E-state index in [0.717, 1.165) is 22.5 Å². The van der Waals surface area contributed by atoms with Crippen LogP contribution in [0.3, 0.4) is 0 Å². The molecule has 2 aromatic carbocycles. The molecule has 1 unspecified atom stereocenters. The molecule has 0 bridgehead atoms. The Hall–Kier alpha value is -2.70. The Kier molecular flexibility index (Phi) is 5.58. The number of hydrogen-bond donors (Lipinski definition) is 3. The van der Waals surface area contributed by atoms with Gasteiger partial charge in [0, 0.05) is 17.2 Å². The normalized spacial score (nSPS) is 14.3. The minimum absolute atomic E-state index is 0. The molecule has 1 fully saturated rings. The van der Waals surface area contributed by atoms with Crippen LogP contribution in [-0.4, -0.2) is 21.1 Å². The summed E-state index contributed by atoms with van der Waals surface area (Å²) in [4.78, 5) is 17.0. The summed E-state index contributed by atoms with van der Waals surface area (Å²) < 4.78 is 0. The van der Waals surface area contributed by atoms with E-state index in [2.05, 4.69) is 20.5 Å². The van der Waals surface area contributed by atoms with Crippen molar-refractivity contribution in [3.63, 3.8) is 0 Å². The molecule has 1 atom stereocenters. The number of anilines is 1. The molecule has 6 nitrogen and oxygen atoms in total. The quantitative estimate of drug-likeness (QED) is 0.625. The number of hydrogen-bond acceptors (Lipinski definition) is 4. The fourth-order valence-electron chi connectivity index (χ4n) is 2.82. The predicted molar refractivity (Wildman–Crippen MR) is 108 cm³/mol. The molecule has 3 aromatic rings. The van der Waals surface area contributed by atoms with Crippen LogP contribution in [0, 0.1) is 6.92 Å². The second kappa shape index (κ2) is 7.90. The number of nitrogens with two attached hydrogens (primary N) is 1. The lowest BCUT2D eigenvalue weighted by Crippen LogP contribution is -2.27. The van der Waals surface area contributed by atoms with Gasteiger partial charge < -0.3 is 11.1 Å². The number of aryl methyl sites for hydroxylation is 1. The van der Waals surface area contributed by atoms with Crippen LogP contribution < -0.4 is 11.1 Å². The van der Waals surface area contributed by atoms with Crippen LogP contribution in [0.2, 0.25) is 0 Å². The highest BCUT2D eigenvalue weighted by atomic mass is 35.5. The van der Waals surface area contributed by atoms with Gasteiger partial charge in [-0.25, -0.2) is 4.98 Å². The van der Waals surface area contributed by atoms with Crippen molar-refractivity contribution in [1.29, 1.82) is 0 Å². The highest BCUT2D eigenvalue weighted by Crippen LogP contribution is 2.38. The number of rotatable bonds is 5. The highest BCUT2D eigenvalue weighted by Gasteiger charge is 2.27. The number of carbonyl (C=O) groups is 1. The summed E-state index contributed by atoms with van der Waals surface area (Å²) in [6, 6.07) is 14.4. The largest absolute Gasteiger partial charge is 0.324 e. The molecule has 1 amide bonds. The van der Waals surface area contributed by atoms with Crippen LogP contribution in [0.15, 0.2) is 48.5 Å². The maximum absolute atomic E-state index is 12.5. The van der Waals surface area contributed by atoms with Crippen LogP contribution in [0.1, 0.15) is 41.8 Å². The predicted octanol–water partition coefficient (Wildman–Crippen LogP) is 3.72. The summed E-state index contributed by atoms with van der Waals surface area (Å²) in [6.07, 6.45) is 2.34. The molecular formula is C20H22ClN5O. The molecular weight excluding hydrogens is 362 g/mol. The smallest absolute Gasteiger partial charge is 0.245 e. The van der Waals surface area contributed by atoms with Crippen molar-refractivity contribution in [1.82, 2.24) is 15.2 Å². The van der Waals surface area contributed by atoms with Gasteiger partial charge in [-0.3, -0.25) is 9.89 Å². The maximum atomic E-state index is 12.5. The van der Waals surface area contributed by atoms with E-state index in [-0.39, 0.29) is 18.3 Å². The minimum atomic E-state index is -0.718. The van der Waals surface area contributed by atoms with Gasteiger partial charge in [-0.05, 0) is 37.5 Å². The fourth-order valence-corrected chi connectivity index (χ4v) is 2.82. The summed E-state index contributed by atoms with van der Waals surface area (Å²) >= 11 is 0. The van der Waals surface area contributed by atoms with Crippen LogP contribution in [0.4, 0.5) is 5.69 Å². The molecule has 7 heteroatoms. The van der Waals surface area contributed by atoms with E-state index in [1.165, 1.54) is 12.8 Å². The topological polar surface area (TPSA) is 96.7 Å². The van der Waals surface area contributed by atoms with Gasteiger partial charge in [0.1, 0.15) is 11.9 Å². The van der Waals surface area contributed by atoms with Gasteiger partial charge in [0.15, 0.2) is 5.82 Å². The van der Waals surface area contributed by atoms with E-state index in [0.29, 0.717) is 17.4 Å². The lowest BCUT2D eigenvalue weighted by Gasteiger charge is -2.13. The summed E-state index contributed by atoms with van der Waals surface area (Å²) in [5, 5.41) is 10.2. The molecule has 4 rings (SSSR count). The zero-order valence-corrected chi connectivity index (χ0v) is 15.8. The SMILES string of the molecule is Cc1ccc(C(N)C(=O)Nc2cccc(-c3n[nH]c(C4CC4)n3)c2)cc1.Cl. The molecule has 1 aliphatic carbocycles. The number of nitrogens with one attached hydrogen (secondary N) is 2. The molecule has 0 aliphatic heterocycles. The fraction of sp³-hybridized carbons (Fsp3) is 0.250. The van der Waals surface area contributed by atoms with Gasteiger partial charge >= 0.3 is 0 Å². The number of halogens is 1. The molecule has 27 heavy (non-hydrogen) atoms. The van der Waals surface area contributed by atoms with Crippen molar-refractivity contribution in [2.24, 2.45) is 5.73 Å². The Labute approximate surface area is 164 Å². The zero-order chi connectivity index (χ0) is 18.1. The van der Waals surface area contributed by atoms with Crippen LogP contribution in [-0.2, 0) is 4.79 Å². The van der Waals surface area contributed by atoms with Crippen molar-refractivity contribution in [2.45, 2.75) is 31.7 Å². The van der Waals surface area contributed by atoms with Gasteiger partial charge in [-0.2, -0.15) is 5.10 Å². The van der Waals surface area contributed by atoms with Crippen LogP contribution >= 0.6 is 12.4 Å². The van der Waals surface area contributed by atoms with Crippen molar-refractivity contribution in [3.8, 4) is 11.4 Å². The summed E-state index contributed by atoms with van der Waals surface area (Å²) in [7, 11) is 0. The van der Waals surface area contributed by atoms with Crippen LogP contribution in [0.5, 0.6) is 0 Å². The van der Waals surface area contributed by atoms with E-state index >= 15 is 0 Å². The molecule has 0 saturated heterocycles. The van der Waals surface area contributed by atoms with E-state index in [9.17, 15) is 4.79 Å². The van der Waals surface area contributed by atoms with Gasteiger partial charge in [0.25, 0.3) is 0 Å². The number of nitrogens with zero attached hydrogens (tertiary/aromatic N) is 2. The first-order valence-electron chi connectivity index (χ1n) is 8.76. The van der Waals surface area contributed by atoms with Crippen molar-refractivity contribution < 1.29 is 4.79 Å². The Morgan fingerprint density at radius 1 is 1.22 bits per heavy atom. The lowest BCUT2D eigenvalue weighted by molar-refractivity contribution is -0.117. The summed E-state index contributed by atoms with van der Waals surface area (Å²) in [5.41, 5.74) is 9.53. The highest BCUT2D eigenvalue weighted by molar-refractivity contribution is 5.95. The van der Waals surface area contributed by atoms with E-state index < -0.39 is 6.04 Å². The van der Waals surface area contributed by atoms with Crippen molar-refractivity contribution in [3.05, 3.63) is 65.5 Å². The monoisotopic (exact) mass is 383 g/mol. The molecule has 1 heterocycles.